The number of hydrogen-bond donors (Lipinski definition) is 0. The van der Waals surface area contributed by atoms with E-state index in [9.17, 15) is 0 Å². The van der Waals surface area contributed by atoms with Gasteiger partial charge in [-0.3, -0.25) is 4.90 Å². The van der Waals surface area contributed by atoms with Crippen LogP contribution in [-0.4, -0.2) is 29.6 Å². The van der Waals surface area contributed by atoms with Crippen molar-refractivity contribution in [2.45, 2.75) is 25.3 Å². The van der Waals surface area contributed by atoms with Gasteiger partial charge < -0.3 is 0 Å². The molecule has 0 amide bonds. The van der Waals surface area contributed by atoms with Crippen LogP contribution in [0.3, 0.4) is 0 Å². The fourth-order valence-corrected chi connectivity index (χ4v) is 3.00. The van der Waals surface area contributed by atoms with Crippen molar-refractivity contribution in [1.82, 2.24) is 4.90 Å². The Kier molecular flexibility index (Phi) is 1.92. The van der Waals surface area contributed by atoms with E-state index in [4.69, 9.17) is 0 Å². The Balaban J connectivity index is 1.90. The zero-order valence-electron chi connectivity index (χ0n) is 6.55. The first-order valence-electron chi connectivity index (χ1n) is 4.13. The number of thioether (sulfide) groups is 1. The zero-order chi connectivity index (χ0) is 6.97. The van der Waals surface area contributed by atoms with Gasteiger partial charge in [0.05, 0.1) is 0 Å². The molecule has 10 heavy (non-hydrogen) atoms. The van der Waals surface area contributed by atoms with E-state index in [-0.39, 0.29) is 0 Å². The van der Waals surface area contributed by atoms with Crippen molar-refractivity contribution in [2.75, 3.05) is 18.7 Å². The summed E-state index contributed by atoms with van der Waals surface area (Å²) in [6.07, 6.45) is 6.69. The minimum Gasteiger partial charge on any atom is -0.291 e. The first-order valence-corrected chi connectivity index (χ1v) is 5.52. The number of nitrogens with zero attached hydrogens (tertiary/aromatic N) is 1. The summed E-state index contributed by atoms with van der Waals surface area (Å²) in [7, 11) is 0. The second-order valence-corrected chi connectivity index (χ2v) is 4.36. The molecule has 2 bridgehead atoms. The highest BCUT2D eigenvalue weighted by atomic mass is 32.2. The third-order valence-corrected chi connectivity index (χ3v) is 3.41. The summed E-state index contributed by atoms with van der Waals surface area (Å²) >= 11 is 1.96. The molecule has 0 aromatic heterocycles. The van der Waals surface area contributed by atoms with E-state index < -0.39 is 0 Å². The van der Waals surface area contributed by atoms with Crippen LogP contribution < -0.4 is 0 Å². The Morgan fingerprint density at radius 1 is 1.50 bits per heavy atom. The predicted octanol–water partition coefficient (Wildman–Crippen LogP) is 1.79. The standard InChI is InChI=1S/C8H15NS/c1-10-6-9-5-7-2-3-8(9)4-7/h7-8H,2-6H2,1H3. The fourth-order valence-electron chi connectivity index (χ4n) is 2.35. The van der Waals surface area contributed by atoms with Crippen LogP contribution in [0.4, 0.5) is 0 Å². The largest absolute Gasteiger partial charge is 0.291 e. The smallest absolute Gasteiger partial charge is 0.0444 e. The van der Waals surface area contributed by atoms with Crippen LogP contribution in [0.15, 0.2) is 0 Å². The maximum atomic E-state index is 2.65. The molecular formula is C8H15NS. The van der Waals surface area contributed by atoms with Gasteiger partial charge in [0.2, 0.25) is 0 Å². The molecule has 2 aliphatic rings. The molecule has 2 fully saturated rings. The Morgan fingerprint density at radius 3 is 2.90 bits per heavy atom. The van der Waals surface area contributed by atoms with E-state index in [0.717, 1.165) is 12.0 Å². The molecule has 58 valence electrons. The summed E-state index contributed by atoms with van der Waals surface area (Å²) in [4.78, 5) is 2.65. The minimum absolute atomic E-state index is 0.970. The van der Waals surface area contributed by atoms with Gasteiger partial charge in [0, 0.05) is 18.5 Å². The van der Waals surface area contributed by atoms with Gasteiger partial charge in [-0.15, -0.1) is 11.8 Å². The van der Waals surface area contributed by atoms with Gasteiger partial charge in [-0.25, -0.2) is 0 Å². The molecule has 1 nitrogen and oxygen atoms in total. The van der Waals surface area contributed by atoms with Gasteiger partial charge in [0.25, 0.3) is 0 Å². The van der Waals surface area contributed by atoms with Crippen LogP contribution in [0, 0.1) is 5.92 Å². The lowest BCUT2D eigenvalue weighted by Gasteiger charge is -2.25. The van der Waals surface area contributed by atoms with Gasteiger partial charge >= 0.3 is 0 Å². The highest BCUT2D eigenvalue weighted by molar-refractivity contribution is 7.98. The average Bonchev–Trinajstić information content (AvgIpc) is 2.48. The highest BCUT2D eigenvalue weighted by Crippen LogP contribution is 2.37. The maximum absolute atomic E-state index is 2.65. The third kappa shape index (κ3) is 1.08. The van der Waals surface area contributed by atoms with E-state index in [1.165, 1.54) is 31.7 Å². The molecule has 2 unspecified atom stereocenters. The summed E-state index contributed by atoms with van der Waals surface area (Å²) in [5.74, 6) is 2.33. The Hall–Kier alpha value is 0.310. The number of piperidine rings is 1. The van der Waals surface area contributed by atoms with E-state index >= 15 is 0 Å². The van der Waals surface area contributed by atoms with Gasteiger partial charge in [-0.2, -0.15) is 0 Å². The van der Waals surface area contributed by atoms with Gasteiger partial charge in [-0.1, -0.05) is 0 Å². The van der Waals surface area contributed by atoms with Crippen molar-refractivity contribution in [3.63, 3.8) is 0 Å². The molecule has 2 rings (SSSR count). The molecule has 1 heterocycles. The Bertz CT molecular complexity index is 126. The molecule has 1 saturated carbocycles. The molecule has 2 atom stereocenters. The van der Waals surface area contributed by atoms with Crippen molar-refractivity contribution in [1.29, 1.82) is 0 Å². The number of fused-ring (bicyclic) bond motifs is 2. The first kappa shape index (κ1) is 6.99. The molecule has 1 aliphatic heterocycles. The van der Waals surface area contributed by atoms with Crippen molar-refractivity contribution in [3.05, 3.63) is 0 Å². The van der Waals surface area contributed by atoms with Gasteiger partial charge in [0.1, 0.15) is 0 Å². The SMILES string of the molecule is CSCN1CC2CCC1C2. The second kappa shape index (κ2) is 2.74. The summed E-state index contributed by atoms with van der Waals surface area (Å²) in [5, 5.41) is 0. The monoisotopic (exact) mass is 157 g/mol. The first-order chi connectivity index (χ1) is 4.90. The van der Waals surface area contributed by atoms with Crippen molar-refractivity contribution in [3.8, 4) is 0 Å². The Morgan fingerprint density at radius 2 is 2.40 bits per heavy atom. The van der Waals surface area contributed by atoms with E-state index in [2.05, 4.69) is 11.2 Å². The van der Waals surface area contributed by atoms with E-state index in [1.807, 2.05) is 11.8 Å². The van der Waals surface area contributed by atoms with E-state index in [1.54, 1.807) is 0 Å². The fraction of sp³-hybridized carbons (Fsp3) is 1.00. The van der Waals surface area contributed by atoms with Crippen LogP contribution >= 0.6 is 11.8 Å². The number of rotatable bonds is 2. The van der Waals surface area contributed by atoms with Crippen LogP contribution in [-0.2, 0) is 0 Å². The lowest BCUT2D eigenvalue weighted by Crippen LogP contribution is -2.31. The van der Waals surface area contributed by atoms with Crippen LogP contribution in [0.5, 0.6) is 0 Å². The van der Waals surface area contributed by atoms with E-state index in [0.29, 0.717) is 0 Å². The molecule has 1 saturated heterocycles. The molecule has 0 spiro atoms. The second-order valence-electron chi connectivity index (χ2n) is 3.52. The molecule has 2 heteroatoms. The van der Waals surface area contributed by atoms with Crippen molar-refractivity contribution < 1.29 is 0 Å². The third-order valence-electron chi connectivity index (χ3n) is 2.82. The summed E-state index contributed by atoms with van der Waals surface area (Å²) < 4.78 is 0. The predicted molar refractivity (Wildman–Crippen MR) is 46.2 cm³/mol. The van der Waals surface area contributed by atoms with Gasteiger partial charge in [-0.05, 0) is 31.4 Å². The molecular weight excluding hydrogens is 142 g/mol. The summed E-state index contributed by atoms with van der Waals surface area (Å²) in [6.45, 7) is 1.39. The highest BCUT2D eigenvalue weighted by Gasteiger charge is 2.36. The molecule has 0 aromatic carbocycles. The van der Waals surface area contributed by atoms with Crippen molar-refractivity contribution in [2.24, 2.45) is 5.92 Å². The van der Waals surface area contributed by atoms with Gasteiger partial charge in [0.15, 0.2) is 0 Å². The topological polar surface area (TPSA) is 3.24 Å². The number of hydrogen-bond acceptors (Lipinski definition) is 2. The maximum Gasteiger partial charge on any atom is 0.0444 e. The average molecular weight is 157 g/mol. The molecule has 0 radical (unpaired) electrons. The minimum atomic E-state index is 0.970. The van der Waals surface area contributed by atoms with Crippen LogP contribution in [0.25, 0.3) is 0 Å². The normalized spacial score (nSPS) is 39.3. The summed E-state index contributed by atoms with van der Waals surface area (Å²) in [5.41, 5.74) is 0. The lowest BCUT2D eigenvalue weighted by atomic mass is 10.1. The zero-order valence-corrected chi connectivity index (χ0v) is 7.36. The quantitative estimate of drug-likeness (QED) is 0.601. The van der Waals surface area contributed by atoms with Crippen LogP contribution in [0.1, 0.15) is 19.3 Å². The Labute approximate surface area is 67.2 Å². The van der Waals surface area contributed by atoms with Crippen molar-refractivity contribution >= 4 is 11.8 Å². The summed E-state index contributed by atoms with van der Waals surface area (Å²) in [6, 6.07) is 0.970. The molecule has 1 aliphatic carbocycles. The van der Waals surface area contributed by atoms with Crippen LogP contribution in [0.2, 0.25) is 0 Å². The number of likely N-dealkylation sites (tertiary alicyclic amines) is 1. The molecule has 0 N–H and O–H groups in total. The molecule has 0 aromatic rings. The lowest BCUT2D eigenvalue weighted by molar-refractivity contribution is 0.251.